The van der Waals surface area contributed by atoms with E-state index in [-0.39, 0.29) is 11.6 Å². The molecule has 1 N–H and O–H groups in total. The molecule has 19 heavy (non-hydrogen) atoms. The Labute approximate surface area is 117 Å². The minimum absolute atomic E-state index is 0.141. The van der Waals surface area contributed by atoms with Crippen LogP contribution in [0.4, 0.5) is 10.1 Å². The average molecular weight is 285 g/mol. The first-order valence-electron chi connectivity index (χ1n) is 6.52. The number of nitrogens with zero attached hydrogens (tertiary/aromatic N) is 1. The summed E-state index contributed by atoms with van der Waals surface area (Å²) in [6.45, 7) is 4.33. The van der Waals surface area contributed by atoms with Gasteiger partial charge in [0.05, 0.1) is 12.2 Å². The molecule has 0 radical (unpaired) electrons. The lowest BCUT2D eigenvalue weighted by Crippen LogP contribution is -2.39. The number of piperidine rings is 1. The maximum absolute atomic E-state index is 13.5. The molecule has 1 aliphatic rings. The van der Waals surface area contributed by atoms with Crippen molar-refractivity contribution in [3.63, 3.8) is 0 Å². The van der Waals surface area contributed by atoms with E-state index in [9.17, 15) is 9.18 Å². The maximum Gasteiger partial charge on any atom is 0.238 e. The third kappa shape index (κ3) is 4.18. The molecule has 1 aliphatic heterocycles. The molecule has 1 aromatic rings. The quantitative estimate of drug-likeness (QED) is 0.925. The molecule has 5 heteroatoms. The van der Waals surface area contributed by atoms with Crippen molar-refractivity contribution in [1.29, 1.82) is 0 Å². The number of benzene rings is 1. The molecular weight excluding hydrogens is 267 g/mol. The molecule has 1 aromatic carbocycles. The van der Waals surface area contributed by atoms with Crippen molar-refractivity contribution in [3.8, 4) is 0 Å². The number of hydrogen-bond acceptors (Lipinski definition) is 2. The topological polar surface area (TPSA) is 32.3 Å². The summed E-state index contributed by atoms with van der Waals surface area (Å²) in [5.41, 5.74) is 0.141. The predicted octanol–water partition coefficient (Wildman–Crippen LogP) is 3.15. The first-order valence-corrected chi connectivity index (χ1v) is 6.89. The van der Waals surface area contributed by atoms with E-state index in [0.717, 1.165) is 19.5 Å². The van der Waals surface area contributed by atoms with Gasteiger partial charge in [-0.3, -0.25) is 9.69 Å². The Morgan fingerprint density at radius 1 is 1.58 bits per heavy atom. The summed E-state index contributed by atoms with van der Waals surface area (Å²) in [4.78, 5) is 14.0. The third-order valence-corrected chi connectivity index (χ3v) is 3.55. The van der Waals surface area contributed by atoms with Crippen molar-refractivity contribution in [2.24, 2.45) is 5.92 Å². The number of carbonyl (C=O) groups excluding carboxylic acids is 1. The molecule has 0 unspecified atom stereocenters. The molecule has 104 valence electrons. The molecule has 2 rings (SSSR count). The standard InChI is InChI=1S/C14H18ClFN2O/c1-10-3-2-6-18(8-10)9-14(19)17-13-7-11(15)4-5-12(13)16/h4-5,7,10H,2-3,6,8-9H2,1H3,(H,17,19)/t10-/m1/s1. The molecule has 1 amide bonds. The van der Waals surface area contributed by atoms with Crippen molar-refractivity contribution in [3.05, 3.63) is 29.0 Å². The fourth-order valence-corrected chi connectivity index (χ4v) is 2.59. The number of amides is 1. The predicted molar refractivity (Wildman–Crippen MR) is 74.9 cm³/mol. The van der Waals surface area contributed by atoms with Crippen LogP contribution in [-0.4, -0.2) is 30.4 Å². The fourth-order valence-electron chi connectivity index (χ4n) is 2.42. The van der Waals surface area contributed by atoms with Gasteiger partial charge in [-0.05, 0) is 43.5 Å². The lowest BCUT2D eigenvalue weighted by Gasteiger charge is -2.30. The summed E-state index contributed by atoms with van der Waals surface area (Å²) in [5, 5.41) is 2.98. The second-order valence-electron chi connectivity index (χ2n) is 5.15. The Kier molecular flexibility index (Phi) is 4.77. The van der Waals surface area contributed by atoms with Gasteiger partial charge in [-0.25, -0.2) is 4.39 Å². The van der Waals surface area contributed by atoms with Gasteiger partial charge in [-0.1, -0.05) is 18.5 Å². The fraction of sp³-hybridized carbons (Fsp3) is 0.500. The first-order chi connectivity index (χ1) is 9.04. The molecule has 3 nitrogen and oxygen atoms in total. The zero-order valence-electron chi connectivity index (χ0n) is 11.0. The van der Waals surface area contributed by atoms with Gasteiger partial charge in [0.2, 0.25) is 5.91 Å². The summed E-state index contributed by atoms with van der Waals surface area (Å²) in [5.74, 6) is -0.0514. The summed E-state index contributed by atoms with van der Waals surface area (Å²) in [7, 11) is 0. The molecular formula is C14H18ClFN2O. The maximum atomic E-state index is 13.5. The Morgan fingerprint density at radius 3 is 3.11 bits per heavy atom. The molecule has 1 atom stereocenters. The van der Waals surface area contributed by atoms with E-state index in [1.807, 2.05) is 0 Å². The van der Waals surface area contributed by atoms with Crippen molar-refractivity contribution in [2.75, 3.05) is 25.0 Å². The van der Waals surface area contributed by atoms with Crippen LogP contribution in [0.25, 0.3) is 0 Å². The number of likely N-dealkylation sites (tertiary alicyclic amines) is 1. The summed E-state index contributed by atoms with van der Waals surface area (Å²) in [6.07, 6.45) is 2.32. The van der Waals surface area contributed by atoms with Crippen LogP contribution in [0.2, 0.25) is 5.02 Å². The number of carbonyl (C=O) groups is 1. The van der Waals surface area contributed by atoms with E-state index in [1.165, 1.54) is 24.6 Å². The summed E-state index contributed by atoms with van der Waals surface area (Å²) < 4.78 is 13.5. The summed E-state index contributed by atoms with van der Waals surface area (Å²) in [6, 6.07) is 4.13. The molecule has 0 aromatic heterocycles. The highest BCUT2D eigenvalue weighted by molar-refractivity contribution is 6.30. The molecule has 1 fully saturated rings. The zero-order chi connectivity index (χ0) is 13.8. The second-order valence-corrected chi connectivity index (χ2v) is 5.59. The largest absolute Gasteiger partial charge is 0.322 e. The highest BCUT2D eigenvalue weighted by Gasteiger charge is 2.19. The Bertz CT molecular complexity index is 467. The zero-order valence-corrected chi connectivity index (χ0v) is 11.7. The monoisotopic (exact) mass is 284 g/mol. The Morgan fingerprint density at radius 2 is 2.37 bits per heavy atom. The van der Waals surface area contributed by atoms with E-state index >= 15 is 0 Å². The van der Waals surface area contributed by atoms with Gasteiger partial charge < -0.3 is 5.32 Å². The van der Waals surface area contributed by atoms with Crippen LogP contribution in [0.1, 0.15) is 19.8 Å². The van der Waals surface area contributed by atoms with Crippen LogP contribution in [-0.2, 0) is 4.79 Å². The average Bonchev–Trinajstić information content (AvgIpc) is 2.34. The van der Waals surface area contributed by atoms with E-state index in [4.69, 9.17) is 11.6 Å². The van der Waals surface area contributed by atoms with Gasteiger partial charge in [-0.15, -0.1) is 0 Å². The Hall–Kier alpha value is -1.13. The van der Waals surface area contributed by atoms with Gasteiger partial charge in [0, 0.05) is 11.6 Å². The van der Waals surface area contributed by atoms with E-state index in [1.54, 1.807) is 0 Å². The van der Waals surface area contributed by atoms with Crippen molar-refractivity contribution < 1.29 is 9.18 Å². The highest BCUT2D eigenvalue weighted by Crippen LogP contribution is 2.20. The van der Waals surface area contributed by atoms with E-state index in [2.05, 4.69) is 17.1 Å². The Balaban J connectivity index is 1.92. The lowest BCUT2D eigenvalue weighted by molar-refractivity contribution is -0.117. The van der Waals surface area contributed by atoms with E-state index < -0.39 is 5.82 Å². The number of halogens is 2. The molecule has 0 bridgehead atoms. The normalized spacial score (nSPS) is 20.3. The second kappa shape index (κ2) is 6.35. The van der Waals surface area contributed by atoms with Crippen molar-refractivity contribution in [2.45, 2.75) is 19.8 Å². The molecule has 0 saturated carbocycles. The van der Waals surface area contributed by atoms with Gasteiger partial charge in [0.1, 0.15) is 5.82 Å². The lowest BCUT2D eigenvalue weighted by atomic mass is 10.0. The number of hydrogen-bond donors (Lipinski definition) is 1. The van der Waals surface area contributed by atoms with Gasteiger partial charge in [0.25, 0.3) is 0 Å². The molecule has 0 aliphatic carbocycles. The van der Waals surface area contributed by atoms with Crippen LogP contribution in [0.5, 0.6) is 0 Å². The number of nitrogens with one attached hydrogen (secondary N) is 1. The van der Waals surface area contributed by atoms with Crippen LogP contribution < -0.4 is 5.32 Å². The highest BCUT2D eigenvalue weighted by atomic mass is 35.5. The van der Waals surface area contributed by atoms with Gasteiger partial charge >= 0.3 is 0 Å². The minimum Gasteiger partial charge on any atom is -0.322 e. The molecule has 1 saturated heterocycles. The molecule has 1 heterocycles. The first kappa shape index (κ1) is 14.3. The minimum atomic E-state index is -0.468. The number of rotatable bonds is 3. The summed E-state index contributed by atoms with van der Waals surface area (Å²) >= 11 is 5.78. The van der Waals surface area contributed by atoms with Crippen molar-refractivity contribution in [1.82, 2.24) is 4.90 Å². The van der Waals surface area contributed by atoms with Crippen LogP contribution in [0.15, 0.2) is 18.2 Å². The smallest absolute Gasteiger partial charge is 0.238 e. The van der Waals surface area contributed by atoms with E-state index in [0.29, 0.717) is 17.5 Å². The van der Waals surface area contributed by atoms with Crippen LogP contribution in [0, 0.1) is 11.7 Å². The third-order valence-electron chi connectivity index (χ3n) is 3.31. The van der Waals surface area contributed by atoms with Gasteiger partial charge in [0.15, 0.2) is 0 Å². The van der Waals surface area contributed by atoms with Crippen molar-refractivity contribution >= 4 is 23.2 Å². The SMILES string of the molecule is C[C@@H]1CCCN(CC(=O)Nc2cc(Cl)ccc2F)C1. The number of anilines is 1. The van der Waals surface area contributed by atoms with Gasteiger partial charge in [-0.2, -0.15) is 0 Å². The van der Waals surface area contributed by atoms with Crippen LogP contribution in [0.3, 0.4) is 0 Å². The molecule has 0 spiro atoms. The van der Waals surface area contributed by atoms with Crippen LogP contribution >= 0.6 is 11.6 Å².